The van der Waals surface area contributed by atoms with Gasteiger partial charge in [-0.2, -0.15) is 0 Å². The van der Waals surface area contributed by atoms with Crippen molar-refractivity contribution in [2.75, 3.05) is 19.6 Å². The highest BCUT2D eigenvalue weighted by molar-refractivity contribution is 5.26. The van der Waals surface area contributed by atoms with Crippen molar-refractivity contribution < 1.29 is 5.11 Å². The van der Waals surface area contributed by atoms with Crippen LogP contribution >= 0.6 is 0 Å². The van der Waals surface area contributed by atoms with Gasteiger partial charge in [0, 0.05) is 31.7 Å². The molecular weight excluding hydrogens is 212 g/mol. The second-order valence-electron chi connectivity index (χ2n) is 5.12. The molecule has 0 aromatic heterocycles. The predicted molar refractivity (Wildman–Crippen MR) is 70.1 cm³/mol. The molecular formula is C14H22N2O. The van der Waals surface area contributed by atoms with Gasteiger partial charge in [-0.25, -0.2) is 0 Å². The fraction of sp³-hybridized carbons (Fsp3) is 0.571. The summed E-state index contributed by atoms with van der Waals surface area (Å²) in [6, 6.07) is 7.54. The van der Waals surface area contributed by atoms with E-state index in [0.717, 1.165) is 32.6 Å². The molecule has 1 aliphatic rings. The van der Waals surface area contributed by atoms with Crippen LogP contribution in [0, 0.1) is 0 Å². The molecule has 0 saturated carbocycles. The van der Waals surface area contributed by atoms with Crippen LogP contribution < -0.4 is 5.32 Å². The van der Waals surface area contributed by atoms with E-state index in [9.17, 15) is 5.11 Å². The molecule has 0 aliphatic carbocycles. The molecule has 1 aromatic carbocycles. The van der Waals surface area contributed by atoms with Crippen molar-refractivity contribution in [2.45, 2.75) is 32.4 Å². The molecule has 0 spiro atoms. The first-order chi connectivity index (χ1) is 8.14. The van der Waals surface area contributed by atoms with E-state index in [1.165, 1.54) is 5.56 Å². The smallest absolute Gasteiger partial charge is 0.115 e. The highest BCUT2D eigenvalue weighted by Gasteiger charge is 2.32. The van der Waals surface area contributed by atoms with Crippen molar-refractivity contribution in [3.8, 4) is 5.75 Å². The van der Waals surface area contributed by atoms with Gasteiger partial charge in [0.2, 0.25) is 0 Å². The molecule has 1 atom stereocenters. The third-order valence-electron chi connectivity index (χ3n) is 3.90. The Hall–Kier alpha value is -1.06. The fourth-order valence-corrected chi connectivity index (χ4v) is 2.39. The molecule has 0 bridgehead atoms. The number of benzene rings is 1. The maximum atomic E-state index is 9.29. The van der Waals surface area contributed by atoms with E-state index in [1.807, 2.05) is 12.1 Å². The lowest BCUT2D eigenvalue weighted by Gasteiger charge is -2.45. The van der Waals surface area contributed by atoms with Crippen LogP contribution in [0.1, 0.15) is 25.8 Å². The molecule has 17 heavy (non-hydrogen) atoms. The molecule has 2 N–H and O–H groups in total. The minimum atomic E-state index is 0.246. The topological polar surface area (TPSA) is 35.5 Å². The number of phenols is 1. The monoisotopic (exact) mass is 234 g/mol. The Labute approximate surface area is 103 Å². The van der Waals surface area contributed by atoms with Crippen LogP contribution in [0.15, 0.2) is 24.3 Å². The van der Waals surface area contributed by atoms with Crippen LogP contribution in [0.25, 0.3) is 0 Å². The molecule has 94 valence electrons. The number of nitrogens with one attached hydrogen (secondary N) is 1. The number of piperazine rings is 1. The number of hydrogen-bond donors (Lipinski definition) is 2. The Morgan fingerprint density at radius 3 is 2.71 bits per heavy atom. The number of nitrogens with zero attached hydrogens (tertiary/aromatic N) is 1. The van der Waals surface area contributed by atoms with Crippen molar-refractivity contribution in [3.63, 3.8) is 0 Å². The summed E-state index contributed by atoms with van der Waals surface area (Å²) in [6.07, 6.45) is 1.15. The first-order valence-corrected chi connectivity index (χ1v) is 6.38. The van der Waals surface area contributed by atoms with E-state index < -0.39 is 0 Å². The summed E-state index contributed by atoms with van der Waals surface area (Å²) in [4.78, 5) is 2.54. The lowest BCUT2D eigenvalue weighted by atomic mass is 9.93. The van der Waals surface area contributed by atoms with E-state index in [0.29, 0.717) is 5.75 Å². The van der Waals surface area contributed by atoms with Crippen molar-refractivity contribution >= 4 is 0 Å². The van der Waals surface area contributed by atoms with Gasteiger partial charge in [-0.3, -0.25) is 4.90 Å². The lowest BCUT2D eigenvalue weighted by Crippen LogP contribution is -2.58. The first kappa shape index (κ1) is 12.4. The minimum Gasteiger partial charge on any atom is -0.508 e. The first-order valence-electron chi connectivity index (χ1n) is 6.38. The van der Waals surface area contributed by atoms with E-state index in [4.69, 9.17) is 0 Å². The van der Waals surface area contributed by atoms with Crippen LogP contribution in [0.3, 0.4) is 0 Å². The summed E-state index contributed by atoms with van der Waals surface area (Å²) in [6.45, 7) is 8.74. The largest absolute Gasteiger partial charge is 0.508 e. The second kappa shape index (κ2) is 5.07. The standard InChI is InChI=1S/C14H22N2O/c1-3-14(2)11-15-8-9-16(14)10-12-4-6-13(17)7-5-12/h4-7,15,17H,3,8-11H2,1-2H3. The third-order valence-corrected chi connectivity index (χ3v) is 3.90. The Bertz CT molecular complexity index is 363. The summed E-state index contributed by atoms with van der Waals surface area (Å²) in [5, 5.41) is 12.8. The average Bonchev–Trinajstić information content (AvgIpc) is 2.35. The van der Waals surface area contributed by atoms with Crippen LogP contribution in [-0.4, -0.2) is 35.2 Å². The Morgan fingerprint density at radius 2 is 2.06 bits per heavy atom. The second-order valence-corrected chi connectivity index (χ2v) is 5.12. The summed E-state index contributed by atoms with van der Waals surface area (Å²) < 4.78 is 0. The van der Waals surface area contributed by atoms with Gasteiger partial charge in [0.25, 0.3) is 0 Å². The van der Waals surface area contributed by atoms with Crippen LogP contribution in [-0.2, 0) is 6.54 Å². The summed E-state index contributed by atoms with van der Waals surface area (Å²) in [5.41, 5.74) is 1.51. The zero-order valence-corrected chi connectivity index (χ0v) is 10.7. The van der Waals surface area contributed by atoms with Crippen molar-refractivity contribution in [2.24, 2.45) is 0 Å². The van der Waals surface area contributed by atoms with E-state index in [2.05, 4.69) is 24.1 Å². The molecule has 0 radical (unpaired) electrons. The Morgan fingerprint density at radius 1 is 1.35 bits per heavy atom. The Balaban J connectivity index is 2.08. The van der Waals surface area contributed by atoms with Crippen molar-refractivity contribution in [1.29, 1.82) is 0 Å². The molecule has 1 aliphatic heterocycles. The molecule has 1 heterocycles. The number of phenolic OH excluding ortho intramolecular Hbond substituents is 1. The normalized spacial score (nSPS) is 26.0. The quantitative estimate of drug-likeness (QED) is 0.839. The molecule has 1 aromatic rings. The SMILES string of the molecule is CCC1(C)CNCCN1Cc1ccc(O)cc1. The van der Waals surface area contributed by atoms with Crippen LogP contribution in [0.4, 0.5) is 0 Å². The molecule has 0 amide bonds. The maximum absolute atomic E-state index is 9.29. The zero-order valence-electron chi connectivity index (χ0n) is 10.7. The van der Waals surface area contributed by atoms with E-state index in [1.54, 1.807) is 12.1 Å². The van der Waals surface area contributed by atoms with Gasteiger partial charge >= 0.3 is 0 Å². The number of hydrogen-bond acceptors (Lipinski definition) is 3. The van der Waals surface area contributed by atoms with E-state index >= 15 is 0 Å². The van der Waals surface area contributed by atoms with Gasteiger partial charge in [0.15, 0.2) is 0 Å². The fourth-order valence-electron chi connectivity index (χ4n) is 2.39. The number of aromatic hydroxyl groups is 1. The van der Waals surface area contributed by atoms with Crippen LogP contribution in [0.2, 0.25) is 0 Å². The molecule has 1 fully saturated rings. The van der Waals surface area contributed by atoms with Gasteiger partial charge in [-0.05, 0) is 31.0 Å². The summed E-state index contributed by atoms with van der Waals surface area (Å²) in [5.74, 6) is 0.340. The van der Waals surface area contributed by atoms with Gasteiger partial charge in [-0.1, -0.05) is 19.1 Å². The molecule has 3 heteroatoms. The summed E-state index contributed by atoms with van der Waals surface area (Å²) >= 11 is 0. The van der Waals surface area contributed by atoms with E-state index in [-0.39, 0.29) is 5.54 Å². The average molecular weight is 234 g/mol. The van der Waals surface area contributed by atoms with Gasteiger partial charge in [0.05, 0.1) is 0 Å². The van der Waals surface area contributed by atoms with Gasteiger partial charge in [-0.15, -0.1) is 0 Å². The Kier molecular flexibility index (Phi) is 3.69. The minimum absolute atomic E-state index is 0.246. The molecule has 2 rings (SSSR count). The lowest BCUT2D eigenvalue weighted by molar-refractivity contribution is 0.0637. The maximum Gasteiger partial charge on any atom is 0.115 e. The third kappa shape index (κ3) is 2.79. The van der Waals surface area contributed by atoms with Gasteiger partial charge < -0.3 is 10.4 Å². The van der Waals surface area contributed by atoms with Crippen molar-refractivity contribution in [1.82, 2.24) is 10.2 Å². The van der Waals surface area contributed by atoms with Crippen LogP contribution in [0.5, 0.6) is 5.75 Å². The zero-order chi connectivity index (χ0) is 12.3. The highest BCUT2D eigenvalue weighted by Crippen LogP contribution is 2.23. The summed E-state index contributed by atoms with van der Waals surface area (Å²) in [7, 11) is 0. The number of rotatable bonds is 3. The highest BCUT2D eigenvalue weighted by atomic mass is 16.3. The van der Waals surface area contributed by atoms with Crippen molar-refractivity contribution in [3.05, 3.63) is 29.8 Å². The van der Waals surface area contributed by atoms with Gasteiger partial charge in [0.1, 0.15) is 5.75 Å². The molecule has 1 saturated heterocycles. The molecule has 1 unspecified atom stereocenters. The molecule has 3 nitrogen and oxygen atoms in total. The predicted octanol–water partition coefficient (Wildman–Crippen LogP) is 1.97.